The van der Waals surface area contributed by atoms with Crippen molar-refractivity contribution >= 4 is 21.2 Å². The Balaban J connectivity index is 1.88. The van der Waals surface area contributed by atoms with Crippen LogP contribution in [0.5, 0.6) is 0 Å². The van der Waals surface area contributed by atoms with Crippen LogP contribution in [0.25, 0.3) is 0 Å². The Bertz CT molecular complexity index is 676. The van der Waals surface area contributed by atoms with Gasteiger partial charge in [0, 0.05) is 17.2 Å². The highest BCUT2D eigenvalue weighted by Crippen LogP contribution is 2.18. The lowest BCUT2D eigenvalue weighted by Gasteiger charge is -2.18. The maximum atomic E-state index is 11.5. The first-order chi connectivity index (χ1) is 10.4. The summed E-state index contributed by atoms with van der Waals surface area (Å²) >= 11 is 1.80. The van der Waals surface area contributed by atoms with Gasteiger partial charge in [-0.05, 0) is 54.9 Å². The van der Waals surface area contributed by atoms with Crippen LogP contribution in [-0.2, 0) is 16.3 Å². The zero-order valence-electron chi connectivity index (χ0n) is 13.2. The van der Waals surface area contributed by atoms with Crippen molar-refractivity contribution in [1.29, 1.82) is 0 Å². The lowest BCUT2D eigenvalue weighted by Crippen LogP contribution is -2.25. The molecule has 0 spiro atoms. The van der Waals surface area contributed by atoms with Crippen LogP contribution in [0.1, 0.15) is 30.3 Å². The van der Waals surface area contributed by atoms with Gasteiger partial charge in [-0.25, -0.2) is 8.42 Å². The van der Waals surface area contributed by atoms with Gasteiger partial charge in [-0.1, -0.05) is 25.1 Å². The summed E-state index contributed by atoms with van der Waals surface area (Å²) in [6.07, 6.45) is 2.32. The van der Waals surface area contributed by atoms with Gasteiger partial charge >= 0.3 is 0 Å². The van der Waals surface area contributed by atoms with Gasteiger partial charge in [0.05, 0.1) is 4.90 Å². The largest absolute Gasteiger partial charge is 0.310 e. The fourth-order valence-electron chi connectivity index (χ4n) is 2.34. The van der Waals surface area contributed by atoms with Crippen molar-refractivity contribution < 1.29 is 8.42 Å². The Labute approximate surface area is 137 Å². The highest BCUT2D eigenvalue weighted by Gasteiger charge is 2.11. The average molecular weight is 338 g/mol. The topological polar surface area (TPSA) is 46.2 Å². The van der Waals surface area contributed by atoms with Crippen molar-refractivity contribution in [2.45, 2.75) is 31.2 Å². The lowest BCUT2D eigenvalue weighted by molar-refractivity contribution is 0.470. The average Bonchev–Trinajstić information content (AvgIpc) is 2.97. The fourth-order valence-corrected chi connectivity index (χ4v) is 3.84. The summed E-state index contributed by atoms with van der Waals surface area (Å²) in [6.45, 7) is 5.28. The van der Waals surface area contributed by atoms with Crippen LogP contribution >= 0.6 is 11.3 Å². The summed E-state index contributed by atoms with van der Waals surface area (Å²) < 4.78 is 22.9. The quantitative estimate of drug-likeness (QED) is 0.838. The summed E-state index contributed by atoms with van der Waals surface area (Å²) in [5, 5.41) is 5.64. The molecular weight excluding hydrogens is 314 g/mol. The summed E-state index contributed by atoms with van der Waals surface area (Å²) in [6, 6.07) is 11.6. The molecule has 1 aromatic heterocycles. The summed E-state index contributed by atoms with van der Waals surface area (Å²) in [5.41, 5.74) is 1.11. The predicted octanol–water partition coefficient (Wildman–Crippen LogP) is 3.68. The first kappa shape index (κ1) is 17.2. The van der Waals surface area contributed by atoms with Gasteiger partial charge in [0.2, 0.25) is 0 Å². The van der Waals surface area contributed by atoms with Crippen molar-refractivity contribution in [2.24, 2.45) is 5.92 Å². The van der Waals surface area contributed by atoms with Crippen LogP contribution in [0.4, 0.5) is 0 Å². The molecule has 0 radical (unpaired) electrons. The molecular formula is C17H23NO2S2. The second-order valence-corrected chi connectivity index (χ2v) is 8.91. The third kappa shape index (κ3) is 4.93. The second kappa shape index (κ2) is 7.40. The first-order valence-corrected chi connectivity index (χ1v) is 10.2. The number of nitrogens with one attached hydrogen (secondary N) is 1. The molecule has 0 saturated heterocycles. The van der Waals surface area contributed by atoms with Crippen molar-refractivity contribution in [3.63, 3.8) is 0 Å². The van der Waals surface area contributed by atoms with Gasteiger partial charge in [-0.15, -0.1) is 11.3 Å². The van der Waals surface area contributed by atoms with Crippen LogP contribution in [0.3, 0.4) is 0 Å². The molecule has 0 aliphatic rings. The molecule has 0 saturated carbocycles. The van der Waals surface area contributed by atoms with Crippen LogP contribution < -0.4 is 5.32 Å². The molecule has 1 N–H and O–H groups in total. The van der Waals surface area contributed by atoms with Crippen LogP contribution in [0.2, 0.25) is 0 Å². The van der Waals surface area contributed by atoms with E-state index < -0.39 is 9.84 Å². The zero-order chi connectivity index (χ0) is 16.2. The molecule has 1 heterocycles. The molecule has 0 bridgehead atoms. The molecule has 2 atom stereocenters. The van der Waals surface area contributed by atoms with E-state index in [0.717, 1.165) is 18.5 Å². The molecule has 2 rings (SSSR count). The van der Waals surface area contributed by atoms with E-state index in [1.54, 1.807) is 23.5 Å². The Morgan fingerprint density at radius 1 is 1.14 bits per heavy atom. The van der Waals surface area contributed by atoms with Gasteiger partial charge in [-0.2, -0.15) is 0 Å². The molecule has 22 heavy (non-hydrogen) atoms. The van der Waals surface area contributed by atoms with E-state index in [4.69, 9.17) is 0 Å². The minimum absolute atomic E-state index is 0.208. The van der Waals surface area contributed by atoms with Crippen molar-refractivity contribution in [2.75, 3.05) is 12.8 Å². The molecule has 2 aromatic rings. The van der Waals surface area contributed by atoms with Gasteiger partial charge < -0.3 is 5.32 Å². The Morgan fingerprint density at radius 2 is 1.82 bits per heavy atom. The van der Waals surface area contributed by atoms with Crippen molar-refractivity contribution in [3.05, 3.63) is 52.2 Å². The highest BCUT2D eigenvalue weighted by atomic mass is 32.2. The standard InChI is InChI=1S/C17H23NO2S2/c1-13(11-16-5-4-10-21-16)12-18-14(2)15-6-8-17(9-7-15)22(3,19)20/h4-10,13-14,18H,11-12H2,1-3H3. The Morgan fingerprint density at radius 3 is 2.36 bits per heavy atom. The molecule has 0 aliphatic carbocycles. The van der Waals surface area contributed by atoms with Gasteiger partial charge in [0.15, 0.2) is 9.84 Å². The van der Waals surface area contributed by atoms with E-state index in [2.05, 4.69) is 36.7 Å². The monoisotopic (exact) mass is 337 g/mol. The molecule has 0 amide bonds. The lowest BCUT2D eigenvalue weighted by atomic mass is 10.0. The normalized spacial score (nSPS) is 14.7. The SMILES string of the molecule is CC(CNC(C)c1ccc(S(C)(=O)=O)cc1)Cc1cccs1. The minimum atomic E-state index is -3.12. The first-order valence-electron chi connectivity index (χ1n) is 7.42. The van der Waals surface area contributed by atoms with Gasteiger partial charge in [-0.3, -0.25) is 0 Å². The third-order valence-corrected chi connectivity index (χ3v) is 5.74. The van der Waals surface area contributed by atoms with Crippen molar-refractivity contribution in [3.8, 4) is 0 Å². The van der Waals surface area contributed by atoms with E-state index in [1.807, 2.05) is 12.1 Å². The molecule has 120 valence electrons. The number of hydrogen-bond acceptors (Lipinski definition) is 4. The van der Waals surface area contributed by atoms with Gasteiger partial charge in [0.25, 0.3) is 0 Å². The summed E-state index contributed by atoms with van der Waals surface area (Å²) in [5.74, 6) is 0.566. The predicted molar refractivity (Wildman–Crippen MR) is 93.2 cm³/mol. The summed E-state index contributed by atoms with van der Waals surface area (Å²) in [4.78, 5) is 1.79. The number of sulfone groups is 1. The molecule has 2 unspecified atom stereocenters. The highest BCUT2D eigenvalue weighted by molar-refractivity contribution is 7.90. The van der Waals surface area contributed by atoms with Crippen LogP contribution in [0.15, 0.2) is 46.7 Å². The maximum absolute atomic E-state index is 11.5. The molecule has 3 nitrogen and oxygen atoms in total. The van der Waals surface area contributed by atoms with Crippen LogP contribution in [0, 0.1) is 5.92 Å². The Kier molecular flexibility index (Phi) is 5.78. The molecule has 1 aromatic carbocycles. The molecule has 0 aliphatic heterocycles. The number of thiophene rings is 1. The van der Waals surface area contributed by atoms with E-state index in [-0.39, 0.29) is 6.04 Å². The smallest absolute Gasteiger partial charge is 0.175 e. The minimum Gasteiger partial charge on any atom is -0.310 e. The van der Waals surface area contributed by atoms with E-state index in [9.17, 15) is 8.42 Å². The van der Waals surface area contributed by atoms with E-state index in [1.165, 1.54) is 11.1 Å². The number of benzene rings is 1. The number of rotatable bonds is 7. The van der Waals surface area contributed by atoms with E-state index >= 15 is 0 Å². The second-order valence-electron chi connectivity index (χ2n) is 5.86. The summed E-state index contributed by atoms with van der Waals surface area (Å²) in [7, 11) is -3.12. The zero-order valence-corrected chi connectivity index (χ0v) is 14.9. The maximum Gasteiger partial charge on any atom is 0.175 e. The molecule has 5 heteroatoms. The third-order valence-electron chi connectivity index (χ3n) is 3.71. The Hall–Kier alpha value is -1.17. The number of hydrogen-bond donors (Lipinski definition) is 1. The molecule has 0 fully saturated rings. The fraction of sp³-hybridized carbons (Fsp3) is 0.412. The van der Waals surface area contributed by atoms with Crippen LogP contribution in [-0.4, -0.2) is 21.2 Å². The van der Waals surface area contributed by atoms with Crippen molar-refractivity contribution in [1.82, 2.24) is 5.32 Å². The van der Waals surface area contributed by atoms with E-state index in [0.29, 0.717) is 10.8 Å². The van der Waals surface area contributed by atoms with Gasteiger partial charge in [0.1, 0.15) is 0 Å².